The quantitative estimate of drug-likeness (QED) is 0.658. The Kier molecular flexibility index (Phi) is 4.32. The Balaban J connectivity index is 2.68. The van der Waals surface area contributed by atoms with Gasteiger partial charge in [-0.05, 0) is 13.3 Å². The van der Waals surface area contributed by atoms with Gasteiger partial charge < -0.3 is 20.7 Å². The van der Waals surface area contributed by atoms with E-state index in [9.17, 15) is 24.2 Å². The molecule has 0 saturated carbocycles. The minimum absolute atomic E-state index is 0.0328. The Hall–Kier alpha value is -1.84. The normalized spacial score (nSPS) is 31.4. The van der Waals surface area contributed by atoms with Crippen molar-refractivity contribution in [3.05, 3.63) is 22.5 Å². The molecule has 8 nitrogen and oxygen atoms in total. The number of aromatic nitrogens is 2. The van der Waals surface area contributed by atoms with Gasteiger partial charge >= 0.3 is 5.69 Å². The van der Waals surface area contributed by atoms with Gasteiger partial charge in [0.05, 0.1) is 12.3 Å². The Morgan fingerprint density at radius 3 is 2.73 bits per heavy atom. The third-order valence-electron chi connectivity index (χ3n) is 3.71. The maximum Gasteiger partial charge on any atom is 0.352 e. The summed E-state index contributed by atoms with van der Waals surface area (Å²) in [7, 11) is 0. The molecule has 2 heterocycles. The van der Waals surface area contributed by atoms with Gasteiger partial charge in [0.15, 0.2) is 17.4 Å². The summed E-state index contributed by atoms with van der Waals surface area (Å²) in [4.78, 5) is 27.8. The second kappa shape index (κ2) is 5.75. The second-order valence-electron chi connectivity index (χ2n) is 5.25. The number of ketones is 1. The monoisotopic (exact) mass is 315 g/mol. The molecule has 4 atom stereocenters. The molecule has 0 radical (unpaired) electrons. The average Bonchev–Trinajstić information content (AvgIpc) is 2.68. The SMILES string of the molecule is CCCC(=O)[C@@]1(n2cc(F)c(N)nc2=O)O[C@H](C)[C@@H](O)[C@H]1O. The Labute approximate surface area is 125 Å². The summed E-state index contributed by atoms with van der Waals surface area (Å²) in [6.07, 6.45) is -3.03. The first-order valence-electron chi connectivity index (χ1n) is 6.88. The number of ether oxygens (including phenoxy) is 1. The van der Waals surface area contributed by atoms with E-state index in [0.29, 0.717) is 17.2 Å². The molecule has 1 saturated heterocycles. The van der Waals surface area contributed by atoms with Crippen LogP contribution in [0.1, 0.15) is 26.7 Å². The highest BCUT2D eigenvalue weighted by Crippen LogP contribution is 2.37. The molecule has 1 aliphatic heterocycles. The largest absolute Gasteiger partial charge is 0.387 e. The molecule has 0 spiro atoms. The minimum atomic E-state index is -2.21. The number of aliphatic hydroxyl groups excluding tert-OH is 2. The molecule has 1 aliphatic rings. The molecule has 0 aliphatic carbocycles. The minimum Gasteiger partial charge on any atom is -0.387 e. The molecular weight excluding hydrogens is 297 g/mol. The van der Waals surface area contributed by atoms with E-state index in [2.05, 4.69) is 4.98 Å². The molecule has 1 aromatic rings. The van der Waals surface area contributed by atoms with E-state index in [1.807, 2.05) is 0 Å². The van der Waals surface area contributed by atoms with Crippen molar-refractivity contribution in [2.75, 3.05) is 5.73 Å². The van der Waals surface area contributed by atoms with E-state index in [1.54, 1.807) is 6.92 Å². The first kappa shape index (κ1) is 16.5. The number of rotatable bonds is 4. The fourth-order valence-electron chi connectivity index (χ4n) is 2.56. The van der Waals surface area contributed by atoms with E-state index < -0.39 is 47.1 Å². The summed E-state index contributed by atoms with van der Waals surface area (Å²) in [6, 6.07) is 0. The van der Waals surface area contributed by atoms with E-state index in [0.717, 1.165) is 0 Å². The fourth-order valence-corrected chi connectivity index (χ4v) is 2.56. The van der Waals surface area contributed by atoms with Crippen LogP contribution in [0.4, 0.5) is 10.2 Å². The molecule has 9 heteroatoms. The van der Waals surface area contributed by atoms with Crippen molar-refractivity contribution in [3.8, 4) is 0 Å². The van der Waals surface area contributed by atoms with Crippen LogP contribution in [0.2, 0.25) is 0 Å². The third kappa shape index (κ3) is 2.31. The van der Waals surface area contributed by atoms with Gasteiger partial charge in [0, 0.05) is 6.42 Å². The van der Waals surface area contributed by atoms with Gasteiger partial charge in [-0.3, -0.25) is 9.36 Å². The molecule has 1 aromatic heterocycles. The third-order valence-corrected chi connectivity index (χ3v) is 3.71. The maximum atomic E-state index is 13.7. The van der Waals surface area contributed by atoms with Crippen molar-refractivity contribution in [2.45, 2.75) is 50.7 Å². The van der Waals surface area contributed by atoms with Gasteiger partial charge in [-0.15, -0.1) is 0 Å². The van der Waals surface area contributed by atoms with Gasteiger partial charge in [-0.1, -0.05) is 6.92 Å². The number of carbonyl (C=O) groups is 1. The summed E-state index contributed by atoms with van der Waals surface area (Å²) in [5, 5.41) is 20.2. The van der Waals surface area contributed by atoms with Crippen LogP contribution in [0.3, 0.4) is 0 Å². The molecule has 122 valence electrons. The summed E-state index contributed by atoms with van der Waals surface area (Å²) in [5.74, 6) is -2.31. The zero-order valence-corrected chi connectivity index (χ0v) is 12.2. The Morgan fingerprint density at radius 1 is 1.59 bits per heavy atom. The topological polar surface area (TPSA) is 128 Å². The number of anilines is 1. The molecule has 0 aromatic carbocycles. The van der Waals surface area contributed by atoms with Crippen molar-refractivity contribution >= 4 is 11.6 Å². The van der Waals surface area contributed by atoms with E-state index in [1.165, 1.54) is 6.92 Å². The van der Waals surface area contributed by atoms with Crippen LogP contribution in [-0.4, -0.2) is 43.9 Å². The van der Waals surface area contributed by atoms with Crippen LogP contribution >= 0.6 is 0 Å². The van der Waals surface area contributed by atoms with Crippen molar-refractivity contribution in [2.24, 2.45) is 0 Å². The number of halogens is 1. The average molecular weight is 315 g/mol. The van der Waals surface area contributed by atoms with E-state index >= 15 is 0 Å². The Bertz CT molecular complexity index is 649. The summed E-state index contributed by atoms with van der Waals surface area (Å²) >= 11 is 0. The molecule has 2 rings (SSSR count). The van der Waals surface area contributed by atoms with E-state index in [-0.39, 0.29) is 6.42 Å². The molecule has 0 amide bonds. The first-order valence-corrected chi connectivity index (χ1v) is 6.88. The second-order valence-corrected chi connectivity index (χ2v) is 5.25. The lowest BCUT2D eigenvalue weighted by Gasteiger charge is -2.32. The summed E-state index contributed by atoms with van der Waals surface area (Å²) < 4.78 is 19.7. The van der Waals surface area contributed by atoms with E-state index in [4.69, 9.17) is 10.5 Å². The van der Waals surface area contributed by atoms with Crippen LogP contribution < -0.4 is 11.4 Å². The number of carbonyl (C=O) groups excluding carboxylic acids is 1. The van der Waals surface area contributed by atoms with Crippen molar-refractivity contribution in [1.29, 1.82) is 0 Å². The predicted molar refractivity (Wildman–Crippen MR) is 73.3 cm³/mol. The molecule has 4 N–H and O–H groups in total. The lowest BCUT2D eigenvalue weighted by molar-refractivity contribution is -0.173. The molecule has 0 bridgehead atoms. The van der Waals surface area contributed by atoms with Crippen LogP contribution in [0, 0.1) is 5.82 Å². The highest BCUT2D eigenvalue weighted by atomic mass is 19.1. The highest BCUT2D eigenvalue weighted by molar-refractivity contribution is 5.86. The van der Waals surface area contributed by atoms with Gasteiger partial charge in [0.1, 0.15) is 12.2 Å². The van der Waals surface area contributed by atoms with Crippen molar-refractivity contribution in [1.82, 2.24) is 9.55 Å². The van der Waals surface area contributed by atoms with Gasteiger partial charge in [-0.25, -0.2) is 9.18 Å². The van der Waals surface area contributed by atoms with Gasteiger partial charge in [0.25, 0.3) is 0 Å². The molecular formula is C13H18FN3O5. The maximum absolute atomic E-state index is 13.7. The zero-order valence-electron chi connectivity index (χ0n) is 12.2. The number of nitrogens with zero attached hydrogens (tertiary/aromatic N) is 2. The van der Waals surface area contributed by atoms with Crippen LogP contribution in [0.15, 0.2) is 11.0 Å². The predicted octanol–water partition coefficient (Wildman–Crippen LogP) is -0.873. The van der Waals surface area contributed by atoms with Crippen molar-refractivity contribution in [3.63, 3.8) is 0 Å². The lowest BCUT2D eigenvalue weighted by atomic mass is 9.95. The van der Waals surface area contributed by atoms with Crippen molar-refractivity contribution < 1.29 is 24.1 Å². The first-order chi connectivity index (χ1) is 10.3. The van der Waals surface area contributed by atoms with Crippen LogP contribution in [-0.2, 0) is 15.3 Å². The smallest absolute Gasteiger partial charge is 0.352 e. The number of nitrogen functional groups attached to an aromatic ring is 1. The number of hydrogen-bond donors (Lipinski definition) is 3. The van der Waals surface area contributed by atoms with Crippen LogP contribution in [0.5, 0.6) is 0 Å². The fraction of sp³-hybridized carbons (Fsp3) is 0.615. The van der Waals surface area contributed by atoms with Gasteiger partial charge in [0.2, 0.25) is 5.72 Å². The molecule has 0 unspecified atom stereocenters. The standard InChI is InChI=1S/C13H18FN3O5/c1-3-4-8(18)13(10(20)9(19)6(2)22-13)17-5-7(14)11(15)16-12(17)21/h5-6,9-10,19-20H,3-4H2,1-2H3,(H2,15,16,21)/t6-,9-,10-,13-/m1/s1. The number of aliphatic hydroxyl groups is 2. The summed E-state index contributed by atoms with van der Waals surface area (Å²) in [6.45, 7) is 3.15. The number of nitrogens with two attached hydrogens (primary N) is 1. The molecule has 1 fully saturated rings. The highest BCUT2D eigenvalue weighted by Gasteiger charge is 2.59. The lowest BCUT2D eigenvalue weighted by Crippen LogP contribution is -2.56. The summed E-state index contributed by atoms with van der Waals surface area (Å²) in [5.41, 5.74) is 1.95. The van der Waals surface area contributed by atoms with Gasteiger partial charge in [-0.2, -0.15) is 4.98 Å². The Morgan fingerprint density at radius 2 is 2.23 bits per heavy atom. The number of hydrogen-bond acceptors (Lipinski definition) is 7. The number of Topliss-reactive ketones (excluding diaryl/α,β-unsaturated/α-hetero) is 1. The zero-order chi connectivity index (χ0) is 16.7. The van der Waals surface area contributed by atoms with Crippen LogP contribution in [0.25, 0.3) is 0 Å². The molecule has 22 heavy (non-hydrogen) atoms.